The summed E-state index contributed by atoms with van der Waals surface area (Å²) >= 11 is 1.93. The standard InChI is InChI=1S/C15H18N2S/c1-2-16-15-10-14(8-9-17-15)12-18-11-13-6-4-3-5-7-13/h3-10H,2,11-12H2,1H3,(H,16,17). The van der Waals surface area contributed by atoms with Crippen LogP contribution in [0.5, 0.6) is 0 Å². The number of thioether (sulfide) groups is 1. The lowest BCUT2D eigenvalue weighted by atomic mass is 10.2. The molecule has 1 aromatic heterocycles. The van der Waals surface area contributed by atoms with E-state index in [9.17, 15) is 0 Å². The number of rotatable bonds is 6. The SMILES string of the molecule is CCNc1cc(CSCc2ccccc2)ccn1. The summed E-state index contributed by atoms with van der Waals surface area (Å²) in [5.41, 5.74) is 2.70. The van der Waals surface area contributed by atoms with Crippen LogP contribution in [0.25, 0.3) is 0 Å². The first kappa shape index (κ1) is 13.0. The van der Waals surface area contributed by atoms with Gasteiger partial charge in [0, 0.05) is 24.2 Å². The first-order valence-electron chi connectivity index (χ1n) is 6.19. The number of anilines is 1. The van der Waals surface area contributed by atoms with E-state index < -0.39 is 0 Å². The molecular weight excluding hydrogens is 240 g/mol. The fraction of sp³-hybridized carbons (Fsp3) is 0.267. The normalized spacial score (nSPS) is 10.3. The molecule has 0 spiro atoms. The van der Waals surface area contributed by atoms with Gasteiger partial charge in [0.1, 0.15) is 5.82 Å². The van der Waals surface area contributed by atoms with Gasteiger partial charge in [0.2, 0.25) is 0 Å². The molecule has 0 unspecified atom stereocenters. The number of nitrogens with one attached hydrogen (secondary N) is 1. The second-order valence-corrected chi connectivity index (χ2v) is 5.04. The molecule has 1 heterocycles. The number of benzene rings is 1. The lowest BCUT2D eigenvalue weighted by molar-refractivity contribution is 1.15. The third kappa shape index (κ3) is 4.08. The van der Waals surface area contributed by atoms with E-state index in [1.165, 1.54) is 11.1 Å². The number of hydrogen-bond donors (Lipinski definition) is 1. The highest BCUT2D eigenvalue weighted by Crippen LogP contribution is 2.18. The smallest absolute Gasteiger partial charge is 0.126 e. The van der Waals surface area contributed by atoms with Crippen molar-refractivity contribution in [1.29, 1.82) is 0 Å². The molecule has 0 radical (unpaired) electrons. The zero-order chi connectivity index (χ0) is 12.6. The summed E-state index contributed by atoms with van der Waals surface area (Å²) in [5, 5.41) is 3.24. The maximum Gasteiger partial charge on any atom is 0.126 e. The maximum absolute atomic E-state index is 4.28. The third-order valence-corrected chi connectivity index (χ3v) is 3.64. The summed E-state index contributed by atoms with van der Waals surface area (Å²) in [5.74, 6) is 3.05. The van der Waals surface area contributed by atoms with Crippen molar-refractivity contribution in [3.05, 3.63) is 59.8 Å². The predicted octanol–water partition coefficient (Wildman–Crippen LogP) is 3.95. The Balaban J connectivity index is 1.84. The Hall–Kier alpha value is -1.48. The minimum atomic E-state index is 0.910. The second kappa shape index (κ2) is 7.07. The van der Waals surface area contributed by atoms with Crippen molar-refractivity contribution < 1.29 is 0 Å². The van der Waals surface area contributed by atoms with Crippen LogP contribution in [0, 0.1) is 0 Å². The predicted molar refractivity (Wildman–Crippen MR) is 79.8 cm³/mol. The lowest BCUT2D eigenvalue weighted by Gasteiger charge is -2.05. The molecule has 1 aromatic carbocycles. The molecule has 0 fully saturated rings. The Morgan fingerprint density at radius 3 is 2.61 bits per heavy atom. The molecule has 2 nitrogen and oxygen atoms in total. The minimum absolute atomic E-state index is 0.910. The van der Waals surface area contributed by atoms with Gasteiger partial charge in [-0.25, -0.2) is 4.98 Å². The maximum atomic E-state index is 4.28. The fourth-order valence-corrected chi connectivity index (χ4v) is 2.65. The topological polar surface area (TPSA) is 24.9 Å². The zero-order valence-corrected chi connectivity index (χ0v) is 11.4. The van der Waals surface area contributed by atoms with Crippen LogP contribution in [-0.4, -0.2) is 11.5 Å². The van der Waals surface area contributed by atoms with Crippen LogP contribution in [0.3, 0.4) is 0 Å². The van der Waals surface area contributed by atoms with Crippen molar-refractivity contribution >= 4 is 17.6 Å². The highest BCUT2D eigenvalue weighted by molar-refractivity contribution is 7.97. The van der Waals surface area contributed by atoms with E-state index in [1.54, 1.807) is 0 Å². The average molecular weight is 258 g/mol. The van der Waals surface area contributed by atoms with Gasteiger partial charge in [-0.1, -0.05) is 30.3 Å². The van der Waals surface area contributed by atoms with Gasteiger partial charge < -0.3 is 5.32 Å². The summed E-state index contributed by atoms with van der Waals surface area (Å²) in [6, 6.07) is 14.8. The zero-order valence-electron chi connectivity index (χ0n) is 10.6. The number of pyridine rings is 1. The van der Waals surface area contributed by atoms with Crippen LogP contribution < -0.4 is 5.32 Å². The van der Waals surface area contributed by atoms with Crippen molar-refractivity contribution in [1.82, 2.24) is 4.98 Å². The number of hydrogen-bond acceptors (Lipinski definition) is 3. The lowest BCUT2D eigenvalue weighted by Crippen LogP contribution is -1.99. The van der Waals surface area contributed by atoms with Crippen LogP contribution in [0.4, 0.5) is 5.82 Å². The molecule has 0 aliphatic carbocycles. The Morgan fingerprint density at radius 2 is 1.83 bits per heavy atom. The quantitative estimate of drug-likeness (QED) is 0.849. The molecule has 0 amide bonds. The van der Waals surface area contributed by atoms with Gasteiger partial charge >= 0.3 is 0 Å². The van der Waals surface area contributed by atoms with Crippen LogP contribution in [0.2, 0.25) is 0 Å². The fourth-order valence-electron chi connectivity index (χ4n) is 1.70. The molecule has 0 aliphatic heterocycles. The van der Waals surface area contributed by atoms with E-state index in [0.29, 0.717) is 0 Å². The summed E-state index contributed by atoms with van der Waals surface area (Å²) in [6.45, 7) is 2.99. The monoisotopic (exact) mass is 258 g/mol. The molecule has 0 saturated carbocycles. The van der Waals surface area contributed by atoms with E-state index in [0.717, 1.165) is 23.9 Å². The molecular formula is C15H18N2S. The van der Waals surface area contributed by atoms with Crippen LogP contribution in [0.15, 0.2) is 48.7 Å². The molecule has 2 aromatic rings. The molecule has 2 rings (SSSR count). The van der Waals surface area contributed by atoms with Crippen LogP contribution >= 0.6 is 11.8 Å². The first-order valence-corrected chi connectivity index (χ1v) is 7.34. The molecule has 0 atom stereocenters. The summed E-state index contributed by atoms with van der Waals surface area (Å²) in [7, 11) is 0. The summed E-state index contributed by atoms with van der Waals surface area (Å²) < 4.78 is 0. The van der Waals surface area contributed by atoms with E-state index in [2.05, 4.69) is 59.7 Å². The van der Waals surface area contributed by atoms with Crippen molar-refractivity contribution in [2.75, 3.05) is 11.9 Å². The molecule has 18 heavy (non-hydrogen) atoms. The van der Waals surface area contributed by atoms with Crippen LogP contribution in [0.1, 0.15) is 18.1 Å². The number of nitrogens with zero attached hydrogens (tertiary/aromatic N) is 1. The molecule has 0 bridgehead atoms. The molecule has 0 saturated heterocycles. The molecule has 3 heteroatoms. The van der Waals surface area contributed by atoms with Gasteiger partial charge in [-0.2, -0.15) is 11.8 Å². The van der Waals surface area contributed by atoms with E-state index >= 15 is 0 Å². The van der Waals surface area contributed by atoms with Crippen molar-refractivity contribution in [3.8, 4) is 0 Å². The number of aromatic nitrogens is 1. The summed E-state index contributed by atoms with van der Waals surface area (Å²) in [6.07, 6.45) is 1.87. The first-order chi connectivity index (χ1) is 8.88. The van der Waals surface area contributed by atoms with Gasteiger partial charge in [0.05, 0.1) is 0 Å². The van der Waals surface area contributed by atoms with E-state index in [4.69, 9.17) is 0 Å². The highest BCUT2D eigenvalue weighted by Gasteiger charge is 1.98. The molecule has 94 valence electrons. The van der Waals surface area contributed by atoms with Crippen molar-refractivity contribution in [2.24, 2.45) is 0 Å². The Kier molecular flexibility index (Phi) is 5.09. The van der Waals surface area contributed by atoms with Gasteiger partial charge in [-0.05, 0) is 30.2 Å². The second-order valence-electron chi connectivity index (χ2n) is 4.06. The van der Waals surface area contributed by atoms with Gasteiger partial charge in [0.15, 0.2) is 0 Å². The average Bonchev–Trinajstić information content (AvgIpc) is 2.41. The van der Waals surface area contributed by atoms with Gasteiger partial charge in [-0.3, -0.25) is 0 Å². The molecule has 1 N–H and O–H groups in total. The highest BCUT2D eigenvalue weighted by atomic mass is 32.2. The van der Waals surface area contributed by atoms with Crippen molar-refractivity contribution in [2.45, 2.75) is 18.4 Å². The van der Waals surface area contributed by atoms with E-state index in [1.807, 2.05) is 18.0 Å². The largest absolute Gasteiger partial charge is 0.370 e. The van der Waals surface area contributed by atoms with Gasteiger partial charge in [-0.15, -0.1) is 0 Å². The van der Waals surface area contributed by atoms with Crippen molar-refractivity contribution in [3.63, 3.8) is 0 Å². The minimum Gasteiger partial charge on any atom is -0.370 e. The third-order valence-electron chi connectivity index (χ3n) is 2.56. The Labute approximate surface area is 113 Å². The van der Waals surface area contributed by atoms with Crippen LogP contribution in [-0.2, 0) is 11.5 Å². The van der Waals surface area contributed by atoms with Gasteiger partial charge in [0.25, 0.3) is 0 Å². The Morgan fingerprint density at radius 1 is 1.06 bits per heavy atom. The molecule has 0 aliphatic rings. The summed E-state index contributed by atoms with van der Waals surface area (Å²) in [4.78, 5) is 4.28. The van der Waals surface area contributed by atoms with E-state index in [-0.39, 0.29) is 0 Å². The Bertz CT molecular complexity index is 471.